The third-order valence-corrected chi connectivity index (χ3v) is 4.89. The molecule has 1 aliphatic carbocycles. The Morgan fingerprint density at radius 1 is 1.35 bits per heavy atom. The fourth-order valence-corrected chi connectivity index (χ4v) is 3.19. The van der Waals surface area contributed by atoms with Crippen LogP contribution in [-0.2, 0) is 16.1 Å². The van der Waals surface area contributed by atoms with E-state index in [1.165, 1.54) is 0 Å². The van der Waals surface area contributed by atoms with E-state index >= 15 is 0 Å². The van der Waals surface area contributed by atoms with Gasteiger partial charge in [0, 0.05) is 24.9 Å². The molecule has 0 bridgehead atoms. The van der Waals surface area contributed by atoms with E-state index in [4.69, 9.17) is 9.26 Å². The number of nitrogens with zero attached hydrogens (tertiary/aromatic N) is 3. The zero-order valence-electron chi connectivity index (χ0n) is 14.2. The van der Waals surface area contributed by atoms with Crippen molar-refractivity contribution in [2.75, 3.05) is 13.1 Å². The number of carbonyl (C=O) groups is 1. The lowest BCUT2D eigenvalue weighted by molar-refractivity contribution is -0.140. The lowest BCUT2D eigenvalue weighted by Crippen LogP contribution is -2.45. The maximum Gasteiger partial charge on any atom is 0.252 e. The number of ether oxygens (including phenoxy) is 1. The Balaban J connectivity index is 1.48. The Morgan fingerprint density at radius 2 is 2.13 bits per heavy atom. The molecule has 23 heavy (non-hydrogen) atoms. The van der Waals surface area contributed by atoms with E-state index in [0.29, 0.717) is 25.0 Å². The summed E-state index contributed by atoms with van der Waals surface area (Å²) in [5.41, 5.74) is 0. The molecule has 1 amide bonds. The summed E-state index contributed by atoms with van der Waals surface area (Å²) in [6, 6.07) is 0. The molecule has 1 aliphatic heterocycles. The minimum Gasteiger partial charge on any atom is -0.367 e. The third kappa shape index (κ3) is 4.10. The fraction of sp³-hybridized carbons (Fsp3) is 0.824. The molecular weight excluding hydrogens is 294 g/mol. The largest absolute Gasteiger partial charge is 0.367 e. The maximum absolute atomic E-state index is 12.5. The topological polar surface area (TPSA) is 68.5 Å². The van der Waals surface area contributed by atoms with Crippen LogP contribution in [0.2, 0.25) is 0 Å². The second-order valence-electron chi connectivity index (χ2n) is 6.69. The van der Waals surface area contributed by atoms with Gasteiger partial charge in [-0.15, -0.1) is 0 Å². The summed E-state index contributed by atoms with van der Waals surface area (Å²) in [5.74, 6) is 2.28. The average molecular weight is 321 g/mol. The van der Waals surface area contributed by atoms with Gasteiger partial charge in [0.2, 0.25) is 5.91 Å². The van der Waals surface area contributed by atoms with Crippen LogP contribution in [0.15, 0.2) is 4.52 Å². The van der Waals surface area contributed by atoms with Crippen molar-refractivity contribution in [2.24, 2.45) is 5.92 Å². The average Bonchev–Trinajstić information content (AvgIpc) is 3.33. The van der Waals surface area contributed by atoms with Gasteiger partial charge in [-0.3, -0.25) is 4.79 Å². The van der Waals surface area contributed by atoms with Crippen molar-refractivity contribution in [1.29, 1.82) is 0 Å². The van der Waals surface area contributed by atoms with E-state index in [1.807, 2.05) is 4.90 Å². The van der Waals surface area contributed by atoms with E-state index < -0.39 is 0 Å². The summed E-state index contributed by atoms with van der Waals surface area (Å²) in [7, 11) is 0. The van der Waals surface area contributed by atoms with Crippen LogP contribution in [0.3, 0.4) is 0 Å². The highest BCUT2D eigenvalue weighted by Gasteiger charge is 2.30. The van der Waals surface area contributed by atoms with Gasteiger partial charge in [-0.05, 0) is 38.5 Å². The van der Waals surface area contributed by atoms with Crippen LogP contribution < -0.4 is 0 Å². The van der Waals surface area contributed by atoms with Gasteiger partial charge >= 0.3 is 0 Å². The van der Waals surface area contributed by atoms with E-state index in [9.17, 15) is 4.79 Å². The third-order valence-electron chi connectivity index (χ3n) is 4.89. The van der Waals surface area contributed by atoms with Crippen LogP contribution in [0.4, 0.5) is 0 Å². The molecule has 0 spiro atoms. The number of likely N-dealkylation sites (tertiary alicyclic amines) is 1. The number of piperidine rings is 1. The molecule has 1 saturated heterocycles. The molecule has 6 heteroatoms. The molecule has 1 saturated carbocycles. The summed E-state index contributed by atoms with van der Waals surface area (Å²) < 4.78 is 11.2. The Bertz CT molecular complexity index is 523. The number of carbonyl (C=O) groups excluding carboxylic acids is 1. The van der Waals surface area contributed by atoms with Gasteiger partial charge in [-0.2, -0.15) is 4.98 Å². The molecule has 1 aromatic heterocycles. The van der Waals surface area contributed by atoms with Gasteiger partial charge in [0.15, 0.2) is 5.82 Å². The smallest absolute Gasteiger partial charge is 0.252 e. The van der Waals surface area contributed by atoms with Gasteiger partial charge in [-0.25, -0.2) is 0 Å². The highest BCUT2D eigenvalue weighted by Crippen LogP contribution is 2.38. The predicted octanol–water partition coefficient (Wildman–Crippen LogP) is 2.89. The first-order valence-electron chi connectivity index (χ1n) is 8.94. The number of aromatic nitrogens is 2. The highest BCUT2D eigenvalue weighted by molar-refractivity contribution is 5.78. The summed E-state index contributed by atoms with van der Waals surface area (Å²) in [4.78, 5) is 18.8. The van der Waals surface area contributed by atoms with Crippen molar-refractivity contribution < 1.29 is 14.1 Å². The highest BCUT2D eigenvalue weighted by atomic mass is 16.5. The van der Waals surface area contributed by atoms with Gasteiger partial charge in [0.05, 0.1) is 6.10 Å². The number of rotatable bonds is 7. The second-order valence-corrected chi connectivity index (χ2v) is 6.69. The number of hydrogen-bond acceptors (Lipinski definition) is 5. The van der Waals surface area contributed by atoms with Gasteiger partial charge in [-0.1, -0.05) is 19.0 Å². The van der Waals surface area contributed by atoms with Crippen molar-refractivity contribution in [1.82, 2.24) is 15.0 Å². The van der Waals surface area contributed by atoms with Crippen molar-refractivity contribution >= 4 is 5.91 Å². The summed E-state index contributed by atoms with van der Waals surface area (Å²) in [6.07, 6.45) is 6.18. The maximum atomic E-state index is 12.5. The predicted molar refractivity (Wildman–Crippen MR) is 84.7 cm³/mol. The van der Waals surface area contributed by atoms with Gasteiger partial charge in [0.25, 0.3) is 5.89 Å². The molecule has 6 nitrogen and oxygen atoms in total. The van der Waals surface area contributed by atoms with Crippen LogP contribution in [0.25, 0.3) is 0 Å². The molecular formula is C17H27N3O3. The quantitative estimate of drug-likeness (QED) is 0.772. The van der Waals surface area contributed by atoms with Gasteiger partial charge in [0.1, 0.15) is 6.61 Å². The molecule has 2 aliphatic rings. The van der Waals surface area contributed by atoms with E-state index in [-0.39, 0.29) is 17.9 Å². The molecule has 0 aromatic carbocycles. The van der Waals surface area contributed by atoms with Crippen LogP contribution >= 0.6 is 0 Å². The Kier molecular flexibility index (Phi) is 5.30. The van der Waals surface area contributed by atoms with Gasteiger partial charge < -0.3 is 14.2 Å². The number of amides is 1. The Morgan fingerprint density at radius 3 is 2.83 bits per heavy atom. The molecule has 1 atom stereocenters. The summed E-state index contributed by atoms with van der Waals surface area (Å²) >= 11 is 0. The van der Waals surface area contributed by atoms with Crippen molar-refractivity contribution in [3.8, 4) is 0 Å². The monoisotopic (exact) mass is 321 g/mol. The van der Waals surface area contributed by atoms with Crippen LogP contribution in [-0.4, -0.2) is 40.1 Å². The first-order chi connectivity index (χ1) is 11.2. The van der Waals surface area contributed by atoms with E-state index in [1.54, 1.807) is 0 Å². The molecule has 2 fully saturated rings. The molecule has 1 aromatic rings. The lowest BCUT2D eigenvalue weighted by Gasteiger charge is -2.34. The first-order valence-corrected chi connectivity index (χ1v) is 8.94. The fourth-order valence-electron chi connectivity index (χ4n) is 3.19. The van der Waals surface area contributed by atoms with Crippen LogP contribution in [0.1, 0.15) is 70.0 Å². The zero-order valence-corrected chi connectivity index (χ0v) is 14.2. The summed E-state index contributed by atoms with van der Waals surface area (Å²) in [6.45, 7) is 6.03. The Hall–Kier alpha value is -1.43. The molecule has 0 N–H and O–H groups in total. The molecule has 2 heterocycles. The summed E-state index contributed by atoms with van der Waals surface area (Å²) in [5, 5.41) is 4.00. The first kappa shape index (κ1) is 16.4. The van der Waals surface area contributed by atoms with Crippen molar-refractivity contribution in [2.45, 2.75) is 71.0 Å². The zero-order chi connectivity index (χ0) is 16.2. The minimum atomic E-state index is 0.0679. The van der Waals surface area contributed by atoms with E-state index in [2.05, 4.69) is 24.0 Å². The molecule has 1 unspecified atom stereocenters. The van der Waals surface area contributed by atoms with Crippen LogP contribution in [0.5, 0.6) is 0 Å². The standard InChI is InChI=1S/C17H27N3O3/c1-3-12(4-2)17(21)20-9-5-6-14(10-20)22-11-15-18-16(19-23-15)13-7-8-13/h12-14H,3-11H2,1-2H3. The van der Waals surface area contributed by atoms with E-state index in [0.717, 1.165) is 50.9 Å². The second kappa shape index (κ2) is 7.43. The van der Waals surface area contributed by atoms with Crippen molar-refractivity contribution in [3.63, 3.8) is 0 Å². The van der Waals surface area contributed by atoms with Crippen molar-refractivity contribution in [3.05, 3.63) is 11.7 Å². The number of hydrogen-bond donors (Lipinski definition) is 0. The Labute approximate surface area is 137 Å². The van der Waals surface area contributed by atoms with Crippen LogP contribution in [0, 0.1) is 5.92 Å². The molecule has 3 rings (SSSR count). The minimum absolute atomic E-state index is 0.0679. The normalized spacial score (nSPS) is 21.9. The SMILES string of the molecule is CCC(CC)C(=O)N1CCCC(OCc2nc(C3CC3)no2)C1. The molecule has 128 valence electrons. The lowest BCUT2D eigenvalue weighted by atomic mass is 9.99. The molecule has 0 radical (unpaired) electrons.